The number of benzene rings is 1. The zero-order valence-corrected chi connectivity index (χ0v) is 11.7. The first-order valence-corrected chi connectivity index (χ1v) is 7.92. The van der Waals surface area contributed by atoms with E-state index in [4.69, 9.17) is 9.47 Å². The predicted molar refractivity (Wildman–Crippen MR) is 78.2 cm³/mol. The van der Waals surface area contributed by atoms with Crippen LogP contribution in [0.15, 0.2) is 18.2 Å². The number of anilines is 1. The van der Waals surface area contributed by atoms with Crippen LogP contribution in [0.3, 0.4) is 0 Å². The van der Waals surface area contributed by atoms with Crippen molar-refractivity contribution < 1.29 is 9.47 Å². The van der Waals surface area contributed by atoms with Crippen molar-refractivity contribution in [2.24, 2.45) is 0 Å². The number of unbranched alkanes of at least 4 members (excludes halogenated alkanes) is 1. The van der Waals surface area contributed by atoms with Gasteiger partial charge in [0.1, 0.15) is 0 Å². The molecule has 100 valence electrons. The molecule has 0 saturated heterocycles. The van der Waals surface area contributed by atoms with Gasteiger partial charge in [0, 0.05) is 24.7 Å². The first kappa shape index (κ1) is 13.4. The van der Waals surface area contributed by atoms with Crippen LogP contribution in [0, 0.1) is 0 Å². The summed E-state index contributed by atoms with van der Waals surface area (Å²) in [4.78, 5) is 0. The Hall–Kier alpha value is -1.03. The number of hydrogen-bond acceptors (Lipinski definition) is 4. The van der Waals surface area contributed by atoms with Crippen LogP contribution in [-0.4, -0.2) is 31.8 Å². The fourth-order valence-corrected chi connectivity index (χ4v) is 2.37. The number of ether oxygens (including phenoxy) is 2. The van der Waals surface area contributed by atoms with Crippen molar-refractivity contribution in [3.63, 3.8) is 0 Å². The molecule has 18 heavy (non-hydrogen) atoms. The highest BCUT2D eigenvalue weighted by Crippen LogP contribution is 2.32. The Balaban J connectivity index is 1.84. The fourth-order valence-electron chi connectivity index (χ4n) is 1.88. The summed E-state index contributed by atoms with van der Waals surface area (Å²) in [7, 11) is 0. The molecule has 1 aromatic rings. The van der Waals surface area contributed by atoms with E-state index in [1.807, 2.05) is 23.9 Å². The Morgan fingerprint density at radius 2 is 2.00 bits per heavy atom. The number of thioether (sulfide) groups is 1. The van der Waals surface area contributed by atoms with Crippen LogP contribution in [-0.2, 0) is 0 Å². The highest BCUT2D eigenvalue weighted by atomic mass is 32.2. The largest absolute Gasteiger partial charge is 0.490 e. The zero-order valence-electron chi connectivity index (χ0n) is 10.9. The molecule has 0 amide bonds. The van der Waals surface area contributed by atoms with Gasteiger partial charge >= 0.3 is 0 Å². The molecule has 1 aromatic carbocycles. The molecule has 0 fully saturated rings. The van der Waals surface area contributed by atoms with Gasteiger partial charge < -0.3 is 14.8 Å². The number of rotatable bonds is 6. The molecule has 1 aliphatic heterocycles. The normalized spacial score (nSPS) is 14.1. The number of nitrogens with one attached hydrogen (secondary N) is 1. The average Bonchev–Trinajstić information content (AvgIpc) is 2.63. The standard InChI is InChI=1S/C14H21NO2S/c1-18-10-3-2-7-15-12-5-6-13-14(11-12)17-9-4-8-16-13/h5-6,11,15H,2-4,7-10H2,1H3. The van der Waals surface area contributed by atoms with E-state index in [0.29, 0.717) is 0 Å². The molecule has 0 spiro atoms. The summed E-state index contributed by atoms with van der Waals surface area (Å²) in [6.07, 6.45) is 5.57. The van der Waals surface area contributed by atoms with Crippen molar-refractivity contribution in [2.45, 2.75) is 19.3 Å². The molecule has 0 saturated carbocycles. The van der Waals surface area contributed by atoms with Gasteiger partial charge in [0.05, 0.1) is 13.2 Å². The molecule has 0 radical (unpaired) electrons. The number of hydrogen-bond donors (Lipinski definition) is 1. The minimum Gasteiger partial charge on any atom is -0.490 e. The Morgan fingerprint density at radius 1 is 1.17 bits per heavy atom. The molecule has 0 unspecified atom stereocenters. The molecular formula is C14H21NO2S. The predicted octanol–water partition coefficient (Wildman–Crippen LogP) is 3.40. The molecule has 0 aliphatic carbocycles. The average molecular weight is 267 g/mol. The van der Waals surface area contributed by atoms with Gasteiger partial charge in [-0.3, -0.25) is 0 Å². The molecule has 0 atom stereocenters. The molecular weight excluding hydrogens is 246 g/mol. The Bertz CT molecular complexity index is 371. The summed E-state index contributed by atoms with van der Waals surface area (Å²) in [5.41, 5.74) is 1.11. The summed E-state index contributed by atoms with van der Waals surface area (Å²) in [6.45, 7) is 2.50. The van der Waals surface area contributed by atoms with Gasteiger partial charge in [0.15, 0.2) is 11.5 Å². The lowest BCUT2D eigenvalue weighted by atomic mass is 10.2. The highest BCUT2D eigenvalue weighted by Gasteiger charge is 2.10. The van der Waals surface area contributed by atoms with E-state index in [2.05, 4.69) is 17.6 Å². The van der Waals surface area contributed by atoms with Crippen molar-refractivity contribution in [3.05, 3.63) is 18.2 Å². The second kappa shape index (κ2) is 7.41. The lowest BCUT2D eigenvalue weighted by molar-refractivity contribution is 0.297. The monoisotopic (exact) mass is 267 g/mol. The van der Waals surface area contributed by atoms with Crippen LogP contribution in [0.2, 0.25) is 0 Å². The third-order valence-corrected chi connectivity index (χ3v) is 3.55. The van der Waals surface area contributed by atoms with E-state index >= 15 is 0 Å². The van der Waals surface area contributed by atoms with Gasteiger partial charge in [-0.25, -0.2) is 0 Å². The lowest BCUT2D eigenvalue weighted by Gasteiger charge is -2.11. The molecule has 0 bridgehead atoms. The van der Waals surface area contributed by atoms with Crippen LogP contribution in [0.4, 0.5) is 5.69 Å². The van der Waals surface area contributed by atoms with Crippen LogP contribution >= 0.6 is 11.8 Å². The summed E-state index contributed by atoms with van der Waals surface area (Å²) in [5.74, 6) is 2.96. The molecule has 4 heteroatoms. The van der Waals surface area contributed by atoms with E-state index in [9.17, 15) is 0 Å². The topological polar surface area (TPSA) is 30.5 Å². The van der Waals surface area contributed by atoms with E-state index < -0.39 is 0 Å². The van der Waals surface area contributed by atoms with Gasteiger partial charge in [-0.2, -0.15) is 11.8 Å². The highest BCUT2D eigenvalue weighted by molar-refractivity contribution is 7.98. The first-order chi connectivity index (χ1) is 8.90. The van der Waals surface area contributed by atoms with Gasteiger partial charge in [-0.1, -0.05) is 0 Å². The minimum atomic E-state index is 0.740. The third kappa shape index (κ3) is 4.02. The maximum absolute atomic E-state index is 5.67. The molecule has 0 aromatic heterocycles. The molecule has 3 nitrogen and oxygen atoms in total. The maximum Gasteiger partial charge on any atom is 0.163 e. The van der Waals surface area contributed by atoms with E-state index in [1.165, 1.54) is 18.6 Å². The quantitative estimate of drug-likeness (QED) is 0.800. The Kier molecular flexibility index (Phi) is 5.52. The van der Waals surface area contributed by atoms with Crippen LogP contribution in [0.1, 0.15) is 19.3 Å². The van der Waals surface area contributed by atoms with Crippen LogP contribution in [0.25, 0.3) is 0 Å². The lowest BCUT2D eigenvalue weighted by Crippen LogP contribution is -2.02. The van der Waals surface area contributed by atoms with Gasteiger partial charge in [-0.15, -0.1) is 0 Å². The molecule has 2 rings (SSSR count). The maximum atomic E-state index is 5.67. The third-order valence-electron chi connectivity index (χ3n) is 2.85. The van der Waals surface area contributed by atoms with Gasteiger partial charge in [0.25, 0.3) is 0 Å². The first-order valence-electron chi connectivity index (χ1n) is 6.52. The zero-order chi connectivity index (χ0) is 12.6. The van der Waals surface area contributed by atoms with Crippen molar-refractivity contribution in [1.29, 1.82) is 0 Å². The van der Waals surface area contributed by atoms with E-state index in [-0.39, 0.29) is 0 Å². The summed E-state index contributed by atoms with van der Waals surface area (Å²) < 4.78 is 11.3. The van der Waals surface area contributed by atoms with E-state index in [0.717, 1.165) is 43.4 Å². The molecule has 1 heterocycles. The SMILES string of the molecule is CSCCCCNc1ccc2c(c1)OCCCO2. The van der Waals surface area contributed by atoms with Crippen molar-refractivity contribution in [1.82, 2.24) is 0 Å². The minimum absolute atomic E-state index is 0.740. The van der Waals surface area contributed by atoms with Gasteiger partial charge in [-0.05, 0) is 37.0 Å². The van der Waals surface area contributed by atoms with Crippen molar-refractivity contribution in [2.75, 3.05) is 37.1 Å². The summed E-state index contributed by atoms with van der Waals surface area (Å²) in [5, 5.41) is 3.43. The van der Waals surface area contributed by atoms with Crippen LogP contribution < -0.4 is 14.8 Å². The Morgan fingerprint density at radius 3 is 2.83 bits per heavy atom. The van der Waals surface area contributed by atoms with Crippen molar-refractivity contribution in [3.8, 4) is 11.5 Å². The smallest absolute Gasteiger partial charge is 0.163 e. The second-order valence-corrected chi connectivity index (χ2v) is 5.32. The second-order valence-electron chi connectivity index (χ2n) is 4.34. The fraction of sp³-hybridized carbons (Fsp3) is 0.571. The Labute approximate surface area is 113 Å². The molecule has 1 N–H and O–H groups in total. The molecule has 1 aliphatic rings. The van der Waals surface area contributed by atoms with E-state index in [1.54, 1.807) is 0 Å². The number of fused-ring (bicyclic) bond motifs is 1. The summed E-state index contributed by atoms with van der Waals surface area (Å²) >= 11 is 1.90. The van der Waals surface area contributed by atoms with Gasteiger partial charge in [0.2, 0.25) is 0 Å². The van der Waals surface area contributed by atoms with Crippen LogP contribution in [0.5, 0.6) is 11.5 Å². The summed E-state index contributed by atoms with van der Waals surface area (Å²) in [6, 6.07) is 6.09. The van der Waals surface area contributed by atoms with Crippen molar-refractivity contribution >= 4 is 17.4 Å².